The third-order valence-corrected chi connectivity index (χ3v) is 5.44. The van der Waals surface area contributed by atoms with Crippen molar-refractivity contribution in [2.45, 2.75) is 6.54 Å². The van der Waals surface area contributed by atoms with Gasteiger partial charge in [0.2, 0.25) is 0 Å². The Morgan fingerprint density at radius 2 is 1.75 bits per heavy atom. The lowest BCUT2D eigenvalue weighted by atomic mass is 10.1. The fraction of sp³-hybridized carbons (Fsp3) is 0.125. The smallest absolute Gasteiger partial charge is 0.257 e. The number of anilines is 1. The second-order valence-corrected chi connectivity index (χ2v) is 8.25. The topological polar surface area (TPSA) is 70.7 Å². The molecule has 0 aliphatic heterocycles. The molecule has 0 radical (unpaired) electrons. The second kappa shape index (κ2) is 10.9. The van der Waals surface area contributed by atoms with Gasteiger partial charge in [-0.3, -0.25) is 14.9 Å². The van der Waals surface area contributed by atoms with Gasteiger partial charge < -0.3 is 15.0 Å². The summed E-state index contributed by atoms with van der Waals surface area (Å²) in [5, 5.41) is 5.72. The van der Waals surface area contributed by atoms with Crippen molar-refractivity contribution < 1.29 is 14.3 Å². The monoisotopic (exact) mass is 511 g/mol. The molecular weight excluding hydrogens is 490 g/mol. The van der Waals surface area contributed by atoms with E-state index in [0.717, 1.165) is 5.56 Å². The number of thiocarbonyl (C=S) groups is 1. The highest BCUT2D eigenvalue weighted by Gasteiger charge is 2.14. The summed E-state index contributed by atoms with van der Waals surface area (Å²) in [6, 6.07) is 21.7. The molecule has 0 heterocycles. The molecule has 164 valence electrons. The highest BCUT2D eigenvalue weighted by molar-refractivity contribution is 9.10. The van der Waals surface area contributed by atoms with Gasteiger partial charge in [0.1, 0.15) is 5.75 Å². The van der Waals surface area contributed by atoms with Gasteiger partial charge in [-0.05, 0) is 70.1 Å². The van der Waals surface area contributed by atoms with E-state index in [9.17, 15) is 9.59 Å². The molecule has 8 heteroatoms. The van der Waals surface area contributed by atoms with Gasteiger partial charge in [0.05, 0.1) is 11.6 Å². The lowest BCUT2D eigenvalue weighted by molar-refractivity contribution is 0.0785. The van der Waals surface area contributed by atoms with E-state index in [1.54, 1.807) is 61.5 Å². The summed E-state index contributed by atoms with van der Waals surface area (Å²) in [6.45, 7) is 0.503. The van der Waals surface area contributed by atoms with Crippen LogP contribution in [0.25, 0.3) is 0 Å². The predicted molar refractivity (Wildman–Crippen MR) is 133 cm³/mol. The summed E-state index contributed by atoms with van der Waals surface area (Å²) in [5.74, 6) is 0.150. The normalized spacial score (nSPS) is 10.2. The Labute approximate surface area is 200 Å². The van der Waals surface area contributed by atoms with Crippen LogP contribution in [0.5, 0.6) is 5.75 Å². The molecule has 0 bridgehead atoms. The lowest BCUT2D eigenvalue weighted by Gasteiger charge is -2.18. The standard InChI is InChI=1S/C24H22BrN3O3S/c1-28(15-16-7-4-3-5-8-16)23(30)18-9-6-10-19(13-18)26-24(32)27-22(29)17-11-12-21(31-2)20(25)14-17/h3-14H,15H2,1-2H3,(H2,26,27,29,32). The molecule has 32 heavy (non-hydrogen) atoms. The van der Waals surface area contributed by atoms with E-state index in [2.05, 4.69) is 26.6 Å². The summed E-state index contributed by atoms with van der Waals surface area (Å²) in [7, 11) is 3.31. The minimum absolute atomic E-state index is 0.115. The average Bonchev–Trinajstić information content (AvgIpc) is 2.79. The van der Waals surface area contributed by atoms with Crippen LogP contribution in [0, 0.1) is 0 Å². The Kier molecular flexibility index (Phi) is 7.97. The van der Waals surface area contributed by atoms with Crippen molar-refractivity contribution in [3.8, 4) is 5.75 Å². The molecule has 0 aliphatic rings. The van der Waals surface area contributed by atoms with Gasteiger partial charge in [0.15, 0.2) is 5.11 Å². The van der Waals surface area contributed by atoms with Crippen LogP contribution in [0.3, 0.4) is 0 Å². The fourth-order valence-electron chi connectivity index (χ4n) is 3.02. The van der Waals surface area contributed by atoms with Crippen molar-refractivity contribution in [2.24, 2.45) is 0 Å². The first-order chi connectivity index (χ1) is 15.4. The number of methoxy groups -OCH3 is 1. The van der Waals surface area contributed by atoms with Crippen molar-refractivity contribution in [3.05, 3.63) is 94.0 Å². The Hall–Kier alpha value is -3.23. The molecule has 3 rings (SSSR count). The number of halogens is 1. The highest BCUT2D eigenvalue weighted by atomic mass is 79.9. The first kappa shape index (κ1) is 23.4. The molecule has 2 N–H and O–H groups in total. The minimum Gasteiger partial charge on any atom is -0.496 e. The quantitative estimate of drug-likeness (QED) is 0.462. The van der Waals surface area contributed by atoms with Gasteiger partial charge >= 0.3 is 0 Å². The summed E-state index contributed by atoms with van der Waals surface area (Å²) in [4.78, 5) is 26.9. The SMILES string of the molecule is COc1ccc(C(=O)NC(=S)Nc2cccc(C(=O)N(C)Cc3ccccc3)c2)cc1Br. The highest BCUT2D eigenvalue weighted by Crippen LogP contribution is 2.25. The number of rotatable bonds is 6. The van der Waals surface area contributed by atoms with Gasteiger partial charge in [0, 0.05) is 30.4 Å². The van der Waals surface area contributed by atoms with Crippen molar-refractivity contribution in [3.63, 3.8) is 0 Å². The number of nitrogens with zero attached hydrogens (tertiary/aromatic N) is 1. The number of nitrogens with one attached hydrogen (secondary N) is 2. The van der Waals surface area contributed by atoms with E-state index in [0.29, 0.717) is 33.6 Å². The lowest BCUT2D eigenvalue weighted by Crippen LogP contribution is -2.34. The second-order valence-electron chi connectivity index (χ2n) is 6.99. The zero-order valence-electron chi connectivity index (χ0n) is 17.6. The van der Waals surface area contributed by atoms with Crippen LogP contribution in [0.1, 0.15) is 26.3 Å². The number of benzene rings is 3. The third-order valence-electron chi connectivity index (χ3n) is 4.62. The van der Waals surface area contributed by atoms with E-state index in [1.165, 1.54) is 0 Å². The number of amides is 2. The van der Waals surface area contributed by atoms with E-state index in [4.69, 9.17) is 17.0 Å². The van der Waals surface area contributed by atoms with Crippen molar-refractivity contribution in [2.75, 3.05) is 19.5 Å². The van der Waals surface area contributed by atoms with Crippen LogP contribution in [0.15, 0.2) is 77.3 Å². The molecule has 0 spiro atoms. The summed E-state index contributed by atoms with van der Waals surface area (Å²) in [6.07, 6.45) is 0. The zero-order valence-corrected chi connectivity index (χ0v) is 20.0. The van der Waals surface area contributed by atoms with Crippen LogP contribution >= 0.6 is 28.1 Å². The number of hydrogen-bond acceptors (Lipinski definition) is 4. The number of hydrogen-bond donors (Lipinski definition) is 2. The van der Waals surface area contributed by atoms with E-state index in [1.807, 2.05) is 30.3 Å². The molecule has 6 nitrogen and oxygen atoms in total. The van der Waals surface area contributed by atoms with Crippen molar-refractivity contribution in [1.82, 2.24) is 10.2 Å². The molecule has 3 aromatic rings. The predicted octanol–water partition coefficient (Wildman–Crippen LogP) is 4.86. The molecule has 0 atom stereocenters. The fourth-order valence-corrected chi connectivity index (χ4v) is 3.78. The maximum atomic E-state index is 12.8. The summed E-state index contributed by atoms with van der Waals surface area (Å²) >= 11 is 8.63. The first-order valence-corrected chi connectivity index (χ1v) is 10.9. The Bertz CT molecular complexity index is 1140. The van der Waals surface area contributed by atoms with Crippen LogP contribution in [-0.2, 0) is 6.54 Å². The van der Waals surface area contributed by atoms with Crippen LogP contribution in [0.4, 0.5) is 5.69 Å². The van der Waals surface area contributed by atoms with Gasteiger partial charge in [-0.1, -0.05) is 36.4 Å². The third kappa shape index (κ3) is 6.15. The summed E-state index contributed by atoms with van der Waals surface area (Å²) < 4.78 is 5.84. The van der Waals surface area contributed by atoms with E-state index < -0.39 is 0 Å². The van der Waals surface area contributed by atoms with Crippen LogP contribution in [0.2, 0.25) is 0 Å². The Morgan fingerprint density at radius 3 is 2.44 bits per heavy atom. The van der Waals surface area contributed by atoms with Crippen molar-refractivity contribution >= 4 is 50.8 Å². The van der Waals surface area contributed by atoms with E-state index in [-0.39, 0.29) is 16.9 Å². The van der Waals surface area contributed by atoms with Gasteiger partial charge in [-0.2, -0.15) is 0 Å². The number of carbonyl (C=O) groups excluding carboxylic acids is 2. The molecule has 0 aromatic heterocycles. The maximum Gasteiger partial charge on any atom is 0.257 e. The Morgan fingerprint density at radius 1 is 1.00 bits per heavy atom. The largest absolute Gasteiger partial charge is 0.496 e. The Balaban J connectivity index is 1.62. The molecule has 0 unspecified atom stereocenters. The maximum absolute atomic E-state index is 12.8. The van der Waals surface area contributed by atoms with Gasteiger partial charge in [-0.15, -0.1) is 0 Å². The first-order valence-electron chi connectivity index (χ1n) is 9.72. The van der Waals surface area contributed by atoms with E-state index >= 15 is 0 Å². The molecule has 3 aromatic carbocycles. The number of carbonyl (C=O) groups is 2. The molecule has 0 saturated heterocycles. The molecule has 2 amide bonds. The molecule has 0 aliphatic carbocycles. The zero-order chi connectivity index (χ0) is 23.1. The van der Waals surface area contributed by atoms with Crippen molar-refractivity contribution in [1.29, 1.82) is 0 Å². The molecule has 0 saturated carbocycles. The number of ether oxygens (including phenoxy) is 1. The van der Waals surface area contributed by atoms with Crippen LogP contribution < -0.4 is 15.4 Å². The minimum atomic E-state index is -0.360. The summed E-state index contributed by atoms with van der Waals surface area (Å²) in [5.41, 5.74) is 2.59. The van der Waals surface area contributed by atoms with Crippen LogP contribution in [-0.4, -0.2) is 36.0 Å². The molecular formula is C24H22BrN3O3S. The van der Waals surface area contributed by atoms with Gasteiger partial charge in [0.25, 0.3) is 11.8 Å². The van der Waals surface area contributed by atoms with Gasteiger partial charge in [-0.25, -0.2) is 0 Å². The molecule has 0 fully saturated rings. The average molecular weight is 512 g/mol.